The number of pyridine rings is 1. The number of nitrogens with one attached hydrogen (secondary N) is 1. The first kappa shape index (κ1) is 23.8. The lowest BCUT2D eigenvalue weighted by atomic mass is 9.77. The van der Waals surface area contributed by atoms with E-state index in [0.717, 1.165) is 36.9 Å². The van der Waals surface area contributed by atoms with E-state index < -0.39 is 12.3 Å². The molecule has 0 spiro atoms. The fourth-order valence-electron chi connectivity index (χ4n) is 4.90. The van der Waals surface area contributed by atoms with E-state index in [1.165, 1.54) is 23.8 Å². The quantitative estimate of drug-likeness (QED) is 0.303. The number of carboxylic acid groups (broad SMARTS) is 1. The van der Waals surface area contributed by atoms with Crippen molar-refractivity contribution in [2.45, 2.75) is 44.4 Å². The van der Waals surface area contributed by atoms with E-state index in [1.807, 2.05) is 24.3 Å². The number of H-pyrrole nitrogens is 1. The number of aromatic amines is 1. The highest BCUT2D eigenvalue weighted by Crippen LogP contribution is 2.37. The van der Waals surface area contributed by atoms with E-state index in [0.29, 0.717) is 28.3 Å². The number of fused-ring (bicyclic) bond motifs is 1. The lowest BCUT2D eigenvalue weighted by Gasteiger charge is -2.28. The molecule has 0 bridgehead atoms. The molecule has 2 aromatic heterocycles. The molecule has 6 nitrogen and oxygen atoms in total. The number of hydrogen-bond acceptors (Lipinski definition) is 4. The minimum Gasteiger partial charge on any atom is -0.481 e. The van der Waals surface area contributed by atoms with Crippen LogP contribution in [-0.4, -0.2) is 32.4 Å². The Morgan fingerprint density at radius 2 is 1.72 bits per heavy atom. The first-order valence-corrected chi connectivity index (χ1v) is 11.8. The fraction of sp³-hybridized carbons (Fsp3) is 0.296. The zero-order valence-corrected chi connectivity index (χ0v) is 19.3. The second-order valence-corrected chi connectivity index (χ2v) is 9.18. The predicted molar refractivity (Wildman–Crippen MR) is 128 cm³/mol. The summed E-state index contributed by atoms with van der Waals surface area (Å²) < 4.78 is 41.4. The zero-order chi connectivity index (χ0) is 25.3. The molecule has 1 aliphatic rings. The largest absolute Gasteiger partial charge is 0.573 e. The van der Waals surface area contributed by atoms with Gasteiger partial charge in [-0.05, 0) is 67.3 Å². The highest BCUT2D eigenvalue weighted by Gasteiger charge is 2.31. The second kappa shape index (κ2) is 9.64. The van der Waals surface area contributed by atoms with Crippen molar-refractivity contribution >= 4 is 17.0 Å². The van der Waals surface area contributed by atoms with Crippen LogP contribution in [0.3, 0.4) is 0 Å². The Balaban J connectivity index is 1.26. The molecule has 2 aromatic carbocycles. The summed E-state index contributed by atoms with van der Waals surface area (Å²) in [5, 5.41) is 9.00. The van der Waals surface area contributed by atoms with Crippen LogP contribution in [0.2, 0.25) is 0 Å². The van der Waals surface area contributed by atoms with Crippen LogP contribution in [0.1, 0.15) is 43.6 Å². The summed E-state index contributed by atoms with van der Waals surface area (Å²) in [6.45, 7) is 0. The Morgan fingerprint density at radius 1 is 1.00 bits per heavy atom. The Labute approximate surface area is 205 Å². The summed E-state index contributed by atoms with van der Waals surface area (Å²) in [4.78, 5) is 23.0. The van der Waals surface area contributed by atoms with Crippen molar-refractivity contribution in [2.24, 2.45) is 5.92 Å². The number of rotatable bonds is 6. The summed E-state index contributed by atoms with van der Waals surface area (Å²) in [7, 11) is 0. The molecular weight excluding hydrogens is 471 g/mol. The summed E-state index contributed by atoms with van der Waals surface area (Å²) in [5.41, 5.74) is 4.71. The SMILES string of the molecule is O=C(O)CC1CCC(c2ccc(-c3ccc(-c4nc5ccc(OC(F)(F)F)cc5[nH]4)cn3)cc2)CC1. The molecule has 2 heterocycles. The molecule has 9 heteroatoms. The maximum absolute atomic E-state index is 12.5. The van der Waals surface area contributed by atoms with Gasteiger partial charge in [0.05, 0.1) is 16.7 Å². The number of carbonyl (C=O) groups is 1. The van der Waals surface area contributed by atoms with Crippen LogP contribution in [0.15, 0.2) is 60.8 Å². The molecular formula is C27H24F3N3O3. The third-order valence-corrected chi connectivity index (χ3v) is 6.71. The molecule has 5 rings (SSSR count). The van der Waals surface area contributed by atoms with E-state index in [-0.39, 0.29) is 18.1 Å². The Kier molecular flexibility index (Phi) is 6.38. The van der Waals surface area contributed by atoms with Crippen LogP contribution in [0.25, 0.3) is 33.7 Å². The molecule has 0 aliphatic heterocycles. The monoisotopic (exact) mass is 495 g/mol. The maximum Gasteiger partial charge on any atom is 0.573 e. The van der Waals surface area contributed by atoms with E-state index in [1.54, 1.807) is 6.20 Å². The smallest absolute Gasteiger partial charge is 0.481 e. The van der Waals surface area contributed by atoms with Gasteiger partial charge in [0, 0.05) is 29.8 Å². The van der Waals surface area contributed by atoms with Gasteiger partial charge in [0.25, 0.3) is 0 Å². The van der Waals surface area contributed by atoms with Crippen molar-refractivity contribution in [2.75, 3.05) is 0 Å². The molecule has 1 saturated carbocycles. The Morgan fingerprint density at radius 3 is 2.36 bits per heavy atom. The number of ether oxygens (including phenoxy) is 1. The molecule has 0 radical (unpaired) electrons. The number of aromatic nitrogens is 3. The number of alkyl halides is 3. The van der Waals surface area contributed by atoms with Crippen LogP contribution in [-0.2, 0) is 4.79 Å². The first-order chi connectivity index (χ1) is 17.2. The molecule has 0 atom stereocenters. The average Bonchev–Trinajstić information content (AvgIpc) is 3.27. The van der Waals surface area contributed by atoms with Crippen molar-refractivity contribution in [3.8, 4) is 28.4 Å². The molecule has 186 valence electrons. The number of hydrogen-bond donors (Lipinski definition) is 2. The Bertz CT molecular complexity index is 1360. The van der Waals surface area contributed by atoms with Crippen LogP contribution >= 0.6 is 0 Å². The average molecular weight is 496 g/mol. The number of benzene rings is 2. The van der Waals surface area contributed by atoms with Crippen LogP contribution in [0, 0.1) is 5.92 Å². The van der Waals surface area contributed by atoms with Gasteiger partial charge in [0.2, 0.25) is 0 Å². The van der Waals surface area contributed by atoms with Crippen molar-refractivity contribution in [1.29, 1.82) is 0 Å². The Hall–Kier alpha value is -3.88. The third kappa shape index (κ3) is 5.50. The number of imidazole rings is 1. The van der Waals surface area contributed by atoms with Gasteiger partial charge in [-0.25, -0.2) is 4.98 Å². The maximum atomic E-state index is 12.5. The minimum absolute atomic E-state index is 0.259. The highest BCUT2D eigenvalue weighted by atomic mass is 19.4. The van der Waals surface area contributed by atoms with Crippen molar-refractivity contribution in [1.82, 2.24) is 15.0 Å². The van der Waals surface area contributed by atoms with Crippen LogP contribution < -0.4 is 4.74 Å². The second-order valence-electron chi connectivity index (χ2n) is 9.18. The van der Waals surface area contributed by atoms with Gasteiger partial charge in [0.15, 0.2) is 0 Å². The zero-order valence-electron chi connectivity index (χ0n) is 19.3. The van der Waals surface area contributed by atoms with Gasteiger partial charge in [-0.1, -0.05) is 24.3 Å². The van der Waals surface area contributed by atoms with Crippen LogP contribution in [0.4, 0.5) is 13.2 Å². The van der Waals surface area contributed by atoms with E-state index >= 15 is 0 Å². The van der Waals surface area contributed by atoms with Crippen LogP contribution in [0.5, 0.6) is 5.75 Å². The third-order valence-electron chi connectivity index (χ3n) is 6.71. The van der Waals surface area contributed by atoms with E-state index in [4.69, 9.17) is 5.11 Å². The summed E-state index contributed by atoms with van der Waals surface area (Å²) in [6, 6.07) is 16.0. The molecule has 36 heavy (non-hydrogen) atoms. The molecule has 4 aromatic rings. The molecule has 0 amide bonds. The van der Waals surface area contributed by atoms with Crippen molar-refractivity contribution < 1.29 is 27.8 Å². The summed E-state index contributed by atoms with van der Waals surface area (Å²) >= 11 is 0. The summed E-state index contributed by atoms with van der Waals surface area (Å²) in [6.07, 6.45) is 1.08. The number of aliphatic carboxylic acids is 1. The lowest BCUT2D eigenvalue weighted by molar-refractivity contribution is -0.274. The van der Waals surface area contributed by atoms with E-state index in [2.05, 4.69) is 31.8 Å². The van der Waals surface area contributed by atoms with Gasteiger partial charge in [0.1, 0.15) is 11.6 Å². The van der Waals surface area contributed by atoms with Gasteiger partial charge in [-0.2, -0.15) is 0 Å². The van der Waals surface area contributed by atoms with Gasteiger partial charge in [-0.3, -0.25) is 9.78 Å². The molecule has 2 N–H and O–H groups in total. The minimum atomic E-state index is -4.75. The highest BCUT2D eigenvalue weighted by molar-refractivity contribution is 5.80. The number of nitrogens with zero attached hydrogens (tertiary/aromatic N) is 2. The molecule has 1 fully saturated rings. The number of halogens is 3. The lowest BCUT2D eigenvalue weighted by Crippen LogP contribution is -2.16. The molecule has 0 saturated heterocycles. The first-order valence-electron chi connectivity index (χ1n) is 11.8. The van der Waals surface area contributed by atoms with Gasteiger partial charge < -0.3 is 14.8 Å². The standard InChI is InChI=1S/C27H24F3N3O3/c28-27(29,30)36-21-10-12-23-24(14-21)33-26(32-23)20-9-11-22(31-15-20)19-7-5-18(6-8-19)17-3-1-16(2-4-17)13-25(34)35/h5-12,14-17H,1-4,13H2,(H,32,33)(H,34,35). The summed E-state index contributed by atoms with van der Waals surface area (Å²) in [5.74, 6) is 0.209. The van der Waals surface area contributed by atoms with E-state index in [9.17, 15) is 18.0 Å². The van der Waals surface area contributed by atoms with Crippen molar-refractivity contribution in [3.05, 3.63) is 66.4 Å². The number of carboxylic acids is 1. The molecule has 1 aliphatic carbocycles. The van der Waals surface area contributed by atoms with Gasteiger partial charge in [-0.15, -0.1) is 13.2 Å². The predicted octanol–water partition coefficient (Wildman–Crippen LogP) is 6.94. The normalized spacial score (nSPS) is 18.3. The fourth-order valence-corrected chi connectivity index (χ4v) is 4.90. The van der Waals surface area contributed by atoms with Crippen molar-refractivity contribution in [3.63, 3.8) is 0 Å². The van der Waals surface area contributed by atoms with Gasteiger partial charge >= 0.3 is 12.3 Å². The topological polar surface area (TPSA) is 88.1 Å². The molecule has 0 unspecified atom stereocenters.